The lowest BCUT2D eigenvalue weighted by Gasteiger charge is -2.36. The van der Waals surface area contributed by atoms with Crippen molar-refractivity contribution in [2.75, 3.05) is 38.2 Å². The van der Waals surface area contributed by atoms with Crippen molar-refractivity contribution in [2.45, 2.75) is 6.54 Å². The fraction of sp³-hybridized carbons (Fsp3) is 0.261. The van der Waals surface area contributed by atoms with E-state index in [0.29, 0.717) is 23.3 Å². The quantitative estimate of drug-likeness (QED) is 0.450. The van der Waals surface area contributed by atoms with Crippen LogP contribution in [0, 0.1) is 0 Å². The van der Waals surface area contributed by atoms with Crippen molar-refractivity contribution in [3.05, 3.63) is 63.8 Å². The van der Waals surface area contributed by atoms with Gasteiger partial charge in [0.2, 0.25) is 5.91 Å². The zero-order valence-electron chi connectivity index (χ0n) is 17.6. The van der Waals surface area contributed by atoms with Crippen molar-refractivity contribution < 1.29 is 9.53 Å². The Morgan fingerprint density at radius 3 is 2.56 bits per heavy atom. The van der Waals surface area contributed by atoms with Crippen LogP contribution in [0.25, 0.3) is 20.7 Å². The molecule has 0 saturated carbocycles. The smallest absolute Gasteiger partial charge is 0.263 e. The lowest BCUT2D eigenvalue weighted by molar-refractivity contribution is -0.132. The molecule has 3 aromatic heterocycles. The minimum atomic E-state index is -0.162. The number of rotatable bonds is 5. The molecule has 7 nitrogen and oxygen atoms in total. The Hall–Kier alpha value is -3.17. The summed E-state index contributed by atoms with van der Waals surface area (Å²) in [5.41, 5.74) is 1.85. The van der Waals surface area contributed by atoms with Gasteiger partial charge in [-0.25, -0.2) is 4.98 Å². The minimum absolute atomic E-state index is 0.00400. The number of hydrogen-bond acceptors (Lipinski definition) is 7. The van der Waals surface area contributed by atoms with E-state index in [-0.39, 0.29) is 18.0 Å². The molecule has 4 aromatic rings. The Morgan fingerprint density at radius 1 is 1.09 bits per heavy atom. The first-order chi connectivity index (χ1) is 15.6. The number of thiophene rings is 2. The number of fused-ring (bicyclic) bond motifs is 1. The summed E-state index contributed by atoms with van der Waals surface area (Å²) in [6.07, 6.45) is 1.49. The third-order valence-corrected chi connectivity index (χ3v) is 7.51. The van der Waals surface area contributed by atoms with E-state index in [1.165, 1.54) is 22.2 Å². The predicted octanol–water partition coefficient (Wildman–Crippen LogP) is 3.54. The topological polar surface area (TPSA) is 67.7 Å². The molecule has 0 aliphatic carbocycles. The summed E-state index contributed by atoms with van der Waals surface area (Å²) < 4.78 is 6.65. The summed E-state index contributed by atoms with van der Waals surface area (Å²) in [4.78, 5) is 36.3. The van der Waals surface area contributed by atoms with Crippen LogP contribution in [0.1, 0.15) is 0 Å². The summed E-state index contributed by atoms with van der Waals surface area (Å²) in [7, 11) is 1.65. The van der Waals surface area contributed by atoms with Crippen LogP contribution in [0.3, 0.4) is 0 Å². The molecule has 1 saturated heterocycles. The van der Waals surface area contributed by atoms with Gasteiger partial charge in [-0.15, -0.1) is 22.7 Å². The molecule has 0 spiro atoms. The predicted molar refractivity (Wildman–Crippen MR) is 129 cm³/mol. The van der Waals surface area contributed by atoms with Gasteiger partial charge in [0.15, 0.2) is 0 Å². The molecular formula is C23H22N4O3S2. The summed E-state index contributed by atoms with van der Waals surface area (Å²) in [6, 6.07) is 11.9. The number of methoxy groups -OCH3 is 1. The molecule has 0 unspecified atom stereocenters. The average molecular weight is 467 g/mol. The molecule has 0 radical (unpaired) electrons. The molecule has 0 atom stereocenters. The van der Waals surface area contributed by atoms with E-state index in [0.717, 1.165) is 35.0 Å². The van der Waals surface area contributed by atoms with Crippen molar-refractivity contribution in [3.63, 3.8) is 0 Å². The first-order valence-electron chi connectivity index (χ1n) is 10.3. The number of carbonyl (C=O) groups excluding carboxylic acids is 1. The molecule has 1 aliphatic heterocycles. The van der Waals surface area contributed by atoms with E-state index in [1.54, 1.807) is 18.4 Å². The van der Waals surface area contributed by atoms with Gasteiger partial charge in [0, 0.05) is 47.7 Å². The molecule has 4 heterocycles. The van der Waals surface area contributed by atoms with Crippen LogP contribution >= 0.6 is 22.7 Å². The second-order valence-corrected chi connectivity index (χ2v) is 9.36. The number of aromatic nitrogens is 2. The fourth-order valence-electron chi connectivity index (χ4n) is 3.95. The number of carbonyl (C=O) groups is 1. The summed E-state index contributed by atoms with van der Waals surface area (Å²) >= 11 is 3.05. The van der Waals surface area contributed by atoms with E-state index >= 15 is 0 Å². The SMILES string of the molecule is COc1ccc(N2CCN(C(=O)Cn3cnc4scc(-c5cccs5)c4c3=O)CC2)cc1. The number of amides is 1. The van der Waals surface area contributed by atoms with E-state index in [1.807, 2.05) is 52.1 Å². The highest BCUT2D eigenvalue weighted by molar-refractivity contribution is 7.18. The number of ether oxygens (including phenoxy) is 1. The molecule has 1 aromatic carbocycles. The van der Waals surface area contributed by atoms with Gasteiger partial charge in [0.25, 0.3) is 5.56 Å². The van der Waals surface area contributed by atoms with Crippen molar-refractivity contribution in [2.24, 2.45) is 0 Å². The molecule has 1 fully saturated rings. The minimum Gasteiger partial charge on any atom is -0.497 e. The molecule has 164 valence electrons. The number of hydrogen-bond donors (Lipinski definition) is 0. The van der Waals surface area contributed by atoms with Crippen molar-refractivity contribution in [1.29, 1.82) is 0 Å². The Labute approximate surface area is 193 Å². The van der Waals surface area contributed by atoms with Gasteiger partial charge in [0.1, 0.15) is 17.1 Å². The fourth-order valence-corrected chi connectivity index (χ4v) is 5.67. The Morgan fingerprint density at radius 2 is 1.88 bits per heavy atom. The Balaban J connectivity index is 1.29. The lowest BCUT2D eigenvalue weighted by Crippen LogP contribution is -2.50. The van der Waals surface area contributed by atoms with Crippen LogP contribution in [0.15, 0.2) is 58.3 Å². The van der Waals surface area contributed by atoms with Crippen LogP contribution in [0.2, 0.25) is 0 Å². The second kappa shape index (κ2) is 8.76. The van der Waals surface area contributed by atoms with Gasteiger partial charge in [-0.1, -0.05) is 6.07 Å². The zero-order chi connectivity index (χ0) is 22.1. The standard InChI is InChI=1S/C23H22N4O3S2/c1-30-17-6-4-16(5-7-17)25-8-10-26(11-9-25)20(28)13-27-15-24-22-21(23(27)29)18(14-32-22)19-3-2-12-31-19/h2-7,12,14-15H,8-11,13H2,1H3. The van der Waals surface area contributed by atoms with E-state index < -0.39 is 0 Å². The molecule has 5 rings (SSSR count). The van der Waals surface area contributed by atoms with Gasteiger partial charge in [-0.05, 0) is 35.7 Å². The van der Waals surface area contributed by atoms with Crippen molar-refractivity contribution >= 4 is 44.5 Å². The molecular weight excluding hydrogens is 444 g/mol. The summed E-state index contributed by atoms with van der Waals surface area (Å²) in [6.45, 7) is 2.74. The summed E-state index contributed by atoms with van der Waals surface area (Å²) in [5.74, 6) is 0.766. The number of anilines is 1. The molecule has 1 amide bonds. The van der Waals surface area contributed by atoms with Crippen LogP contribution in [0.5, 0.6) is 5.75 Å². The van der Waals surface area contributed by atoms with E-state index in [4.69, 9.17) is 4.74 Å². The zero-order valence-corrected chi connectivity index (χ0v) is 19.2. The summed E-state index contributed by atoms with van der Waals surface area (Å²) in [5, 5.41) is 4.55. The Bertz CT molecular complexity index is 1290. The van der Waals surface area contributed by atoms with Gasteiger partial charge in [-0.3, -0.25) is 14.2 Å². The lowest BCUT2D eigenvalue weighted by atomic mass is 10.2. The van der Waals surface area contributed by atoms with E-state index in [9.17, 15) is 9.59 Å². The van der Waals surface area contributed by atoms with E-state index in [2.05, 4.69) is 9.88 Å². The van der Waals surface area contributed by atoms with Crippen LogP contribution in [0.4, 0.5) is 5.69 Å². The highest BCUT2D eigenvalue weighted by Crippen LogP contribution is 2.33. The molecule has 1 aliphatic rings. The van der Waals surface area contributed by atoms with Crippen LogP contribution in [-0.2, 0) is 11.3 Å². The molecule has 0 N–H and O–H groups in total. The third-order valence-electron chi connectivity index (χ3n) is 5.72. The first-order valence-corrected chi connectivity index (χ1v) is 12.1. The number of benzene rings is 1. The van der Waals surface area contributed by atoms with Gasteiger partial charge in [0.05, 0.1) is 18.8 Å². The molecule has 32 heavy (non-hydrogen) atoms. The van der Waals surface area contributed by atoms with Gasteiger partial charge in [-0.2, -0.15) is 0 Å². The largest absolute Gasteiger partial charge is 0.497 e. The maximum absolute atomic E-state index is 13.2. The maximum atomic E-state index is 13.2. The van der Waals surface area contributed by atoms with Crippen molar-refractivity contribution in [3.8, 4) is 16.2 Å². The average Bonchev–Trinajstić information content (AvgIpc) is 3.51. The van der Waals surface area contributed by atoms with Crippen LogP contribution < -0.4 is 15.2 Å². The van der Waals surface area contributed by atoms with Crippen molar-refractivity contribution in [1.82, 2.24) is 14.5 Å². The monoisotopic (exact) mass is 466 g/mol. The highest BCUT2D eigenvalue weighted by Gasteiger charge is 2.23. The Kier molecular flexibility index (Phi) is 5.67. The van der Waals surface area contributed by atoms with Crippen LogP contribution in [-0.4, -0.2) is 53.6 Å². The number of piperazine rings is 1. The third kappa shape index (κ3) is 3.89. The second-order valence-electron chi connectivity index (χ2n) is 7.55. The molecule has 0 bridgehead atoms. The first kappa shape index (κ1) is 20.7. The number of nitrogens with zero attached hydrogens (tertiary/aromatic N) is 4. The maximum Gasteiger partial charge on any atom is 0.263 e. The highest BCUT2D eigenvalue weighted by atomic mass is 32.1. The molecule has 9 heteroatoms. The normalized spacial score (nSPS) is 14.2. The van der Waals surface area contributed by atoms with Gasteiger partial charge < -0.3 is 14.5 Å². The van der Waals surface area contributed by atoms with Gasteiger partial charge >= 0.3 is 0 Å².